The van der Waals surface area contributed by atoms with E-state index >= 15 is 0 Å². The Bertz CT molecular complexity index is 554. The second-order valence-electron chi connectivity index (χ2n) is 5.88. The summed E-state index contributed by atoms with van der Waals surface area (Å²) < 4.78 is 10.9. The fourth-order valence-electron chi connectivity index (χ4n) is 2.08. The number of carbonyl (C=O) groups is 2. The fourth-order valence-corrected chi connectivity index (χ4v) is 2.08. The molecule has 2 rings (SSSR count). The number of rotatable bonds is 6. The largest absolute Gasteiger partial charge is 0.486 e. The van der Waals surface area contributed by atoms with Gasteiger partial charge in [0.1, 0.15) is 13.2 Å². The van der Waals surface area contributed by atoms with E-state index in [0.717, 1.165) is 0 Å². The van der Waals surface area contributed by atoms with Crippen molar-refractivity contribution in [2.24, 2.45) is 5.92 Å². The zero-order valence-corrected chi connectivity index (χ0v) is 13.3. The number of amides is 1. The smallest absolute Gasteiger partial charge is 0.220 e. The molecule has 1 aromatic carbocycles. The first-order valence-corrected chi connectivity index (χ1v) is 7.69. The summed E-state index contributed by atoms with van der Waals surface area (Å²) in [4.78, 5) is 24.0. The zero-order valence-electron chi connectivity index (χ0n) is 13.3. The van der Waals surface area contributed by atoms with E-state index in [1.54, 1.807) is 18.2 Å². The molecule has 22 heavy (non-hydrogen) atoms. The van der Waals surface area contributed by atoms with Gasteiger partial charge in [-0.25, -0.2) is 0 Å². The van der Waals surface area contributed by atoms with E-state index in [1.165, 1.54) is 0 Å². The van der Waals surface area contributed by atoms with Gasteiger partial charge in [-0.2, -0.15) is 0 Å². The van der Waals surface area contributed by atoms with Crippen molar-refractivity contribution >= 4 is 11.7 Å². The summed E-state index contributed by atoms with van der Waals surface area (Å²) >= 11 is 0. The molecule has 1 aliphatic heterocycles. The highest BCUT2D eigenvalue weighted by Gasteiger charge is 2.16. The number of nitrogens with one attached hydrogen (secondary N) is 1. The first-order chi connectivity index (χ1) is 10.5. The highest BCUT2D eigenvalue weighted by Crippen LogP contribution is 2.31. The number of ketones is 1. The van der Waals surface area contributed by atoms with Crippen LogP contribution < -0.4 is 14.8 Å². The molecule has 1 atom stereocenters. The van der Waals surface area contributed by atoms with Gasteiger partial charge in [0.05, 0.1) is 0 Å². The lowest BCUT2D eigenvalue weighted by Gasteiger charge is -2.19. The van der Waals surface area contributed by atoms with E-state index in [9.17, 15) is 9.59 Å². The van der Waals surface area contributed by atoms with Crippen LogP contribution in [-0.4, -0.2) is 30.9 Å². The van der Waals surface area contributed by atoms with Crippen LogP contribution in [0.3, 0.4) is 0 Å². The lowest BCUT2D eigenvalue weighted by Crippen LogP contribution is -2.36. The second-order valence-corrected chi connectivity index (χ2v) is 5.88. The molecule has 0 aliphatic carbocycles. The quantitative estimate of drug-likeness (QED) is 0.820. The van der Waals surface area contributed by atoms with Gasteiger partial charge in [-0.3, -0.25) is 9.59 Å². The van der Waals surface area contributed by atoms with Crippen molar-refractivity contribution in [2.75, 3.05) is 13.2 Å². The highest BCUT2D eigenvalue weighted by atomic mass is 16.6. The summed E-state index contributed by atoms with van der Waals surface area (Å²) in [6.45, 7) is 7.07. The van der Waals surface area contributed by atoms with E-state index in [2.05, 4.69) is 5.32 Å². The van der Waals surface area contributed by atoms with Crippen LogP contribution in [0.2, 0.25) is 0 Å². The molecule has 1 aromatic rings. The van der Waals surface area contributed by atoms with Crippen molar-refractivity contribution < 1.29 is 19.1 Å². The number of benzene rings is 1. The number of ether oxygens (including phenoxy) is 2. The molecule has 120 valence electrons. The maximum Gasteiger partial charge on any atom is 0.220 e. The number of fused-ring (bicyclic) bond motifs is 1. The Morgan fingerprint density at radius 3 is 2.45 bits per heavy atom. The summed E-state index contributed by atoms with van der Waals surface area (Å²) in [6, 6.07) is 5.25. The minimum atomic E-state index is -0.0907. The summed E-state index contributed by atoms with van der Waals surface area (Å²) in [5.74, 6) is 1.47. The molecule has 1 amide bonds. The van der Waals surface area contributed by atoms with Gasteiger partial charge in [-0.05, 0) is 31.0 Å². The predicted octanol–water partition coefficient (Wildman–Crippen LogP) is 2.58. The van der Waals surface area contributed by atoms with Crippen LogP contribution in [0.25, 0.3) is 0 Å². The third-order valence-electron chi connectivity index (χ3n) is 3.83. The Morgan fingerprint density at radius 1 is 1.09 bits per heavy atom. The second kappa shape index (κ2) is 7.29. The SMILES string of the molecule is CC(C)C(C)NC(=O)CCC(=O)c1ccc2c(c1)OCCO2. The molecular formula is C17H23NO4. The van der Waals surface area contributed by atoms with Crippen LogP contribution in [0.15, 0.2) is 18.2 Å². The average Bonchev–Trinajstić information content (AvgIpc) is 2.52. The van der Waals surface area contributed by atoms with E-state index in [-0.39, 0.29) is 30.6 Å². The minimum Gasteiger partial charge on any atom is -0.486 e. The Labute approximate surface area is 131 Å². The van der Waals surface area contributed by atoms with Crippen LogP contribution in [0, 0.1) is 5.92 Å². The van der Waals surface area contributed by atoms with Gasteiger partial charge in [0.15, 0.2) is 17.3 Å². The zero-order chi connectivity index (χ0) is 16.1. The normalized spacial score (nSPS) is 14.5. The lowest BCUT2D eigenvalue weighted by atomic mass is 10.0. The number of carbonyl (C=O) groups excluding carboxylic acids is 2. The van der Waals surface area contributed by atoms with Crippen LogP contribution in [0.1, 0.15) is 44.0 Å². The topological polar surface area (TPSA) is 64.6 Å². The molecule has 5 heteroatoms. The van der Waals surface area contributed by atoms with Crippen molar-refractivity contribution in [3.63, 3.8) is 0 Å². The lowest BCUT2D eigenvalue weighted by molar-refractivity contribution is -0.121. The van der Waals surface area contributed by atoms with Gasteiger partial charge in [-0.1, -0.05) is 13.8 Å². The van der Waals surface area contributed by atoms with Crippen molar-refractivity contribution in [3.05, 3.63) is 23.8 Å². The van der Waals surface area contributed by atoms with E-state index in [4.69, 9.17) is 9.47 Å². The Hall–Kier alpha value is -2.04. The minimum absolute atomic E-state index is 0.0654. The van der Waals surface area contributed by atoms with Crippen molar-refractivity contribution in [1.82, 2.24) is 5.32 Å². The van der Waals surface area contributed by atoms with Crippen molar-refractivity contribution in [1.29, 1.82) is 0 Å². The molecule has 1 heterocycles. The molecule has 0 fully saturated rings. The molecule has 0 aromatic heterocycles. The maximum atomic E-state index is 12.2. The highest BCUT2D eigenvalue weighted by molar-refractivity contribution is 5.98. The third kappa shape index (κ3) is 4.23. The molecule has 0 saturated carbocycles. The van der Waals surface area contributed by atoms with E-state index in [1.807, 2.05) is 20.8 Å². The fraction of sp³-hybridized carbons (Fsp3) is 0.529. The summed E-state index contributed by atoms with van der Waals surface area (Å²) in [5.41, 5.74) is 0.550. The Balaban J connectivity index is 1.88. The van der Waals surface area contributed by atoms with Crippen LogP contribution in [0.5, 0.6) is 11.5 Å². The molecule has 0 radical (unpaired) electrons. The standard InChI is InChI=1S/C17H23NO4/c1-11(2)12(3)18-17(20)7-5-14(19)13-4-6-15-16(10-13)22-9-8-21-15/h4,6,10-12H,5,7-9H2,1-3H3,(H,18,20). The van der Waals surface area contributed by atoms with Gasteiger partial charge < -0.3 is 14.8 Å². The van der Waals surface area contributed by atoms with Gasteiger partial charge in [0.2, 0.25) is 5.91 Å². The Morgan fingerprint density at radius 2 is 1.77 bits per heavy atom. The predicted molar refractivity (Wildman–Crippen MR) is 83.4 cm³/mol. The monoisotopic (exact) mass is 305 g/mol. The van der Waals surface area contributed by atoms with Crippen LogP contribution >= 0.6 is 0 Å². The van der Waals surface area contributed by atoms with Crippen molar-refractivity contribution in [3.8, 4) is 11.5 Å². The maximum absolute atomic E-state index is 12.2. The van der Waals surface area contributed by atoms with E-state index in [0.29, 0.717) is 36.2 Å². The molecule has 1 unspecified atom stereocenters. The molecule has 0 saturated heterocycles. The summed E-state index contributed by atoms with van der Waals surface area (Å²) in [6.07, 6.45) is 0.390. The summed E-state index contributed by atoms with van der Waals surface area (Å²) in [7, 11) is 0. The first-order valence-electron chi connectivity index (χ1n) is 7.69. The molecule has 1 aliphatic rings. The van der Waals surface area contributed by atoms with E-state index < -0.39 is 0 Å². The molecule has 5 nitrogen and oxygen atoms in total. The third-order valence-corrected chi connectivity index (χ3v) is 3.83. The number of hydrogen-bond donors (Lipinski definition) is 1. The molecule has 1 N–H and O–H groups in total. The average molecular weight is 305 g/mol. The van der Waals surface area contributed by atoms with Crippen LogP contribution in [-0.2, 0) is 4.79 Å². The number of Topliss-reactive ketones (excluding diaryl/α,β-unsaturated/α-hetero) is 1. The molecular weight excluding hydrogens is 282 g/mol. The van der Waals surface area contributed by atoms with Gasteiger partial charge in [-0.15, -0.1) is 0 Å². The van der Waals surface area contributed by atoms with Crippen molar-refractivity contribution in [2.45, 2.75) is 39.7 Å². The van der Waals surface area contributed by atoms with Gasteiger partial charge in [0.25, 0.3) is 0 Å². The molecule has 0 spiro atoms. The van der Waals surface area contributed by atoms with Gasteiger partial charge >= 0.3 is 0 Å². The number of hydrogen-bond acceptors (Lipinski definition) is 4. The summed E-state index contributed by atoms with van der Waals surface area (Å²) in [5, 5.41) is 2.90. The Kier molecular flexibility index (Phi) is 5.41. The molecule has 0 bridgehead atoms. The van der Waals surface area contributed by atoms with Gasteiger partial charge in [0, 0.05) is 24.4 Å². The first kappa shape index (κ1) is 16.3. The van der Waals surface area contributed by atoms with Crippen LogP contribution in [0.4, 0.5) is 0 Å².